The highest BCUT2D eigenvalue weighted by Crippen LogP contribution is 2.12. The van der Waals surface area contributed by atoms with Crippen molar-refractivity contribution < 1.29 is 9.59 Å². The molecule has 0 aliphatic carbocycles. The van der Waals surface area contributed by atoms with Crippen LogP contribution in [0.1, 0.15) is 20.3 Å². The second-order valence-electron chi connectivity index (χ2n) is 4.44. The van der Waals surface area contributed by atoms with Crippen molar-refractivity contribution >= 4 is 23.7 Å². The van der Waals surface area contributed by atoms with Gasteiger partial charge in [0, 0.05) is 12.7 Å². The van der Waals surface area contributed by atoms with Gasteiger partial charge in [0.1, 0.15) is 0 Å². The summed E-state index contributed by atoms with van der Waals surface area (Å²) in [5, 5.41) is 5.70. The molecule has 0 saturated carbocycles. The van der Waals surface area contributed by atoms with Gasteiger partial charge in [0.05, 0.1) is 10.8 Å². The fourth-order valence-corrected chi connectivity index (χ4v) is 1.91. The van der Waals surface area contributed by atoms with Crippen LogP contribution in [0.25, 0.3) is 0 Å². The van der Waals surface area contributed by atoms with Gasteiger partial charge in [0.15, 0.2) is 0 Å². The van der Waals surface area contributed by atoms with Crippen molar-refractivity contribution in [3.63, 3.8) is 0 Å². The van der Waals surface area contributed by atoms with Crippen LogP contribution in [-0.4, -0.2) is 29.2 Å². The molecule has 1 rings (SSSR count). The molecule has 0 atom stereocenters. The maximum absolute atomic E-state index is 11.5. The number of nitrogens with zero attached hydrogens (tertiary/aromatic N) is 1. The van der Waals surface area contributed by atoms with Gasteiger partial charge >= 0.3 is 6.03 Å². The topological polar surface area (TPSA) is 71.1 Å². The zero-order valence-corrected chi connectivity index (χ0v) is 12.0. The number of hydrogen-bond donors (Lipinski definition) is 2. The number of urea groups is 1. The molecule has 0 aliphatic heterocycles. The average Bonchev–Trinajstić information content (AvgIpc) is 2.37. The molecule has 5 nitrogen and oxygen atoms in total. The Morgan fingerprint density at radius 2 is 2.16 bits per heavy atom. The molecule has 2 N–H and O–H groups in total. The molecule has 0 saturated heterocycles. The van der Waals surface area contributed by atoms with E-state index in [4.69, 9.17) is 0 Å². The Balaban J connectivity index is 2.18. The first-order valence-electron chi connectivity index (χ1n) is 6.19. The van der Waals surface area contributed by atoms with E-state index in [-0.39, 0.29) is 11.7 Å². The number of nitrogens with one attached hydrogen (secondary N) is 2. The minimum atomic E-state index is -0.438. The van der Waals surface area contributed by atoms with Crippen LogP contribution >= 0.6 is 11.8 Å². The Morgan fingerprint density at radius 1 is 1.37 bits per heavy atom. The Labute approximate surface area is 117 Å². The van der Waals surface area contributed by atoms with Gasteiger partial charge in [-0.05, 0) is 24.5 Å². The summed E-state index contributed by atoms with van der Waals surface area (Å²) in [6, 6.07) is 5.05. The highest BCUT2D eigenvalue weighted by atomic mass is 32.2. The van der Waals surface area contributed by atoms with Crippen LogP contribution in [0.2, 0.25) is 0 Å². The first-order chi connectivity index (χ1) is 9.08. The molecule has 0 aromatic carbocycles. The minimum absolute atomic E-state index is 0.175. The van der Waals surface area contributed by atoms with Gasteiger partial charge in [0.2, 0.25) is 5.91 Å². The summed E-state index contributed by atoms with van der Waals surface area (Å²) in [7, 11) is 0. The van der Waals surface area contributed by atoms with E-state index in [1.54, 1.807) is 6.20 Å². The van der Waals surface area contributed by atoms with Crippen LogP contribution in [0.15, 0.2) is 29.4 Å². The molecule has 0 bridgehead atoms. The summed E-state index contributed by atoms with van der Waals surface area (Å²) in [6.07, 6.45) is 2.56. The predicted molar refractivity (Wildman–Crippen MR) is 76.0 cm³/mol. The Hall–Kier alpha value is -1.56. The summed E-state index contributed by atoms with van der Waals surface area (Å²) in [5.41, 5.74) is 0. The van der Waals surface area contributed by atoms with Crippen LogP contribution in [0.3, 0.4) is 0 Å². The third kappa shape index (κ3) is 7.46. The van der Waals surface area contributed by atoms with E-state index in [2.05, 4.69) is 29.5 Å². The molecule has 1 aromatic rings. The number of hydrogen-bond acceptors (Lipinski definition) is 4. The Kier molecular flexibility index (Phi) is 6.95. The van der Waals surface area contributed by atoms with E-state index in [0.29, 0.717) is 12.5 Å². The first-order valence-corrected chi connectivity index (χ1v) is 7.18. The van der Waals surface area contributed by atoms with Crippen molar-refractivity contribution in [2.75, 3.05) is 12.3 Å². The summed E-state index contributed by atoms with van der Waals surface area (Å²) in [6.45, 7) is 4.73. The maximum atomic E-state index is 11.5. The van der Waals surface area contributed by atoms with Crippen molar-refractivity contribution in [3.05, 3.63) is 24.4 Å². The number of rotatable bonds is 6. The van der Waals surface area contributed by atoms with Crippen molar-refractivity contribution in [1.29, 1.82) is 0 Å². The molecule has 0 aliphatic rings. The van der Waals surface area contributed by atoms with Gasteiger partial charge in [-0.15, -0.1) is 0 Å². The molecular weight excluding hydrogens is 262 g/mol. The third-order valence-electron chi connectivity index (χ3n) is 2.25. The second-order valence-corrected chi connectivity index (χ2v) is 5.44. The fraction of sp³-hybridized carbons (Fsp3) is 0.462. The number of amides is 3. The molecule has 0 fully saturated rings. The molecule has 19 heavy (non-hydrogen) atoms. The van der Waals surface area contributed by atoms with Crippen molar-refractivity contribution in [2.24, 2.45) is 5.92 Å². The second kappa shape index (κ2) is 8.53. The lowest BCUT2D eigenvalue weighted by Gasteiger charge is -2.07. The molecule has 6 heteroatoms. The number of aromatic nitrogens is 1. The summed E-state index contributed by atoms with van der Waals surface area (Å²) < 4.78 is 0. The molecule has 0 unspecified atom stereocenters. The standard InChI is InChI=1S/C13H19N3O2S/c1-10(2)6-8-15-13(18)16-11(17)9-19-12-5-3-4-7-14-12/h3-5,7,10H,6,8-9H2,1-2H3,(H2,15,16,17,18). The van der Waals surface area contributed by atoms with E-state index in [0.717, 1.165) is 11.4 Å². The summed E-state index contributed by atoms with van der Waals surface area (Å²) in [4.78, 5) is 27.0. The largest absolute Gasteiger partial charge is 0.338 e. The van der Waals surface area contributed by atoms with Crippen LogP contribution in [0.4, 0.5) is 4.79 Å². The van der Waals surface area contributed by atoms with Crippen LogP contribution < -0.4 is 10.6 Å². The molecule has 3 amide bonds. The average molecular weight is 281 g/mol. The van der Waals surface area contributed by atoms with Crippen molar-refractivity contribution in [2.45, 2.75) is 25.3 Å². The highest BCUT2D eigenvalue weighted by Gasteiger charge is 2.08. The van der Waals surface area contributed by atoms with Crippen LogP contribution in [-0.2, 0) is 4.79 Å². The molecule has 0 spiro atoms. The molecule has 1 aromatic heterocycles. The summed E-state index contributed by atoms with van der Waals surface area (Å²) >= 11 is 1.30. The normalized spacial score (nSPS) is 10.3. The van der Waals surface area contributed by atoms with E-state index >= 15 is 0 Å². The van der Waals surface area contributed by atoms with Gasteiger partial charge in [-0.2, -0.15) is 0 Å². The number of carbonyl (C=O) groups excluding carboxylic acids is 2. The molecule has 0 radical (unpaired) electrons. The molecule has 104 valence electrons. The fourth-order valence-electron chi connectivity index (χ4n) is 1.25. The van der Waals surface area contributed by atoms with Crippen molar-refractivity contribution in [1.82, 2.24) is 15.6 Å². The van der Waals surface area contributed by atoms with Crippen LogP contribution in [0, 0.1) is 5.92 Å². The lowest BCUT2D eigenvalue weighted by Crippen LogP contribution is -2.40. The quantitative estimate of drug-likeness (QED) is 0.783. The number of thioether (sulfide) groups is 1. The van der Waals surface area contributed by atoms with E-state index in [1.165, 1.54) is 11.8 Å². The highest BCUT2D eigenvalue weighted by molar-refractivity contribution is 7.99. The lowest BCUT2D eigenvalue weighted by atomic mass is 10.1. The SMILES string of the molecule is CC(C)CCNC(=O)NC(=O)CSc1ccccn1. The van der Waals surface area contributed by atoms with Crippen molar-refractivity contribution in [3.8, 4) is 0 Å². The minimum Gasteiger partial charge on any atom is -0.338 e. The van der Waals surface area contributed by atoms with Crippen LogP contribution in [0.5, 0.6) is 0 Å². The van der Waals surface area contributed by atoms with Gasteiger partial charge in [-0.25, -0.2) is 9.78 Å². The zero-order chi connectivity index (χ0) is 14.1. The van der Waals surface area contributed by atoms with Gasteiger partial charge in [-0.1, -0.05) is 31.7 Å². The lowest BCUT2D eigenvalue weighted by molar-refractivity contribution is -0.117. The molecular formula is C13H19N3O2S. The van der Waals surface area contributed by atoms with Gasteiger partial charge in [-0.3, -0.25) is 10.1 Å². The zero-order valence-electron chi connectivity index (χ0n) is 11.2. The van der Waals surface area contributed by atoms with E-state index < -0.39 is 6.03 Å². The Bertz CT molecular complexity index is 410. The van der Waals surface area contributed by atoms with E-state index in [9.17, 15) is 9.59 Å². The number of pyridine rings is 1. The first kappa shape index (κ1) is 15.5. The van der Waals surface area contributed by atoms with E-state index in [1.807, 2.05) is 18.2 Å². The molecule has 1 heterocycles. The third-order valence-corrected chi connectivity index (χ3v) is 3.19. The number of carbonyl (C=O) groups is 2. The smallest absolute Gasteiger partial charge is 0.321 e. The maximum Gasteiger partial charge on any atom is 0.321 e. The van der Waals surface area contributed by atoms with Gasteiger partial charge < -0.3 is 5.32 Å². The number of imide groups is 1. The van der Waals surface area contributed by atoms with Gasteiger partial charge in [0.25, 0.3) is 0 Å². The Morgan fingerprint density at radius 3 is 2.79 bits per heavy atom. The monoisotopic (exact) mass is 281 g/mol. The summed E-state index contributed by atoms with van der Waals surface area (Å²) in [5.74, 6) is 0.377. The predicted octanol–water partition coefficient (Wildman–Crippen LogP) is 2.05.